The number of thiol groups is 1. The minimum absolute atomic E-state index is 0.249. The van der Waals surface area contributed by atoms with E-state index in [4.69, 9.17) is 0 Å². The summed E-state index contributed by atoms with van der Waals surface area (Å²) in [5.41, 5.74) is 5.10. The van der Waals surface area contributed by atoms with Crippen molar-refractivity contribution in [1.82, 2.24) is 0 Å². The molecule has 0 atom stereocenters. The van der Waals surface area contributed by atoms with Crippen molar-refractivity contribution < 1.29 is 0 Å². The molecule has 3 aromatic rings. The Morgan fingerprint density at radius 2 is 1.19 bits per heavy atom. The Morgan fingerprint density at radius 3 is 1.67 bits per heavy atom. The molecular weight excluding hydrogens is 272 g/mol. The van der Waals surface area contributed by atoms with Crippen LogP contribution in [0, 0.1) is 6.92 Å². The van der Waals surface area contributed by atoms with Gasteiger partial charge in [-0.3, -0.25) is 0 Å². The van der Waals surface area contributed by atoms with Gasteiger partial charge in [-0.1, -0.05) is 72.8 Å². The molecule has 0 unspecified atom stereocenters. The van der Waals surface area contributed by atoms with Crippen molar-refractivity contribution in [3.8, 4) is 0 Å². The molecule has 0 fully saturated rings. The van der Waals surface area contributed by atoms with E-state index >= 15 is 0 Å². The molecule has 0 aliphatic carbocycles. The Hall–Kier alpha value is -1.99. The maximum absolute atomic E-state index is 4.59. The molecule has 1 heteroatoms. The van der Waals surface area contributed by atoms with Crippen LogP contribution in [0.25, 0.3) is 0 Å². The monoisotopic (exact) mass is 290 g/mol. The normalized spacial score (nSPS) is 10.8. The number of benzene rings is 3. The van der Waals surface area contributed by atoms with Crippen LogP contribution in [0.4, 0.5) is 0 Å². The summed E-state index contributed by atoms with van der Waals surface area (Å²) < 4.78 is 0. The Kier molecular flexibility index (Phi) is 4.12. The summed E-state index contributed by atoms with van der Waals surface area (Å²) in [5.74, 6) is 0.249. The molecule has 0 radical (unpaired) electrons. The molecule has 0 nitrogen and oxygen atoms in total. The van der Waals surface area contributed by atoms with Crippen LogP contribution >= 0.6 is 12.6 Å². The summed E-state index contributed by atoms with van der Waals surface area (Å²) in [6, 6.07) is 27.8. The summed E-state index contributed by atoms with van der Waals surface area (Å²) >= 11 is 4.59. The van der Waals surface area contributed by atoms with Crippen molar-refractivity contribution in [2.24, 2.45) is 0 Å². The van der Waals surface area contributed by atoms with Crippen LogP contribution in [0.2, 0.25) is 0 Å². The second kappa shape index (κ2) is 6.19. The molecule has 0 heterocycles. The molecule has 3 rings (SSSR count). The number of hydrogen-bond acceptors (Lipinski definition) is 1. The van der Waals surface area contributed by atoms with E-state index in [1.807, 2.05) is 0 Å². The fourth-order valence-corrected chi connectivity index (χ4v) is 2.90. The second-order valence-electron chi connectivity index (χ2n) is 5.30. The first kappa shape index (κ1) is 14.0. The summed E-state index contributed by atoms with van der Waals surface area (Å²) in [6.45, 7) is 2.09. The predicted molar refractivity (Wildman–Crippen MR) is 92.3 cm³/mol. The van der Waals surface area contributed by atoms with Crippen LogP contribution < -0.4 is 0 Å². The third-order valence-electron chi connectivity index (χ3n) is 3.83. The first-order valence-corrected chi connectivity index (χ1v) is 7.60. The smallest absolute Gasteiger partial charge is 0.0340 e. The molecule has 21 heavy (non-hydrogen) atoms. The average molecular weight is 290 g/mol. The van der Waals surface area contributed by atoms with Gasteiger partial charge >= 0.3 is 0 Å². The zero-order valence-electron chi connectivity index (χ0n) is 12.0. The number of hydrogen-bond donors (Lipinski definition) is 1. The number of aryl methyl sites for hydroxylation is 1. The van der Waals surface area contributed by atoms with Crippen molar-refractivity contribution in [3.63, 3.8) is 0 Å². The van der Waals surface area contributed by atoms with Crippen LogP contribution in [0.1, 0.15) is 28.2 Å². The highest BCUT2D eigenvalue weighted by molar-refractivity contribution is 7.80. The SMILES string of the molecule is Cc1ccc(C(c2ccccc2)c2ccccc2)cc1S. The largest absolute Gasteiger partial charge is 0.143 e. The topological polar surface area (TPSA) is 0 Å². The van der Waals surface area contributed by atoms with Gasteiger partial charge in [0.15, 0.2) is 0 Å². The lowest BCUT2D eigenvalue weighted by Gasteiger charge is -2.19. The Labute approximate surface area is 131 Å². The first-order chi connectivity index (χ1) is 10.3. The Morgan fingerprint density at radius 1 is 0.667 bits per heavy atom. The van der Waals surface area contributed by atoms with Crippen LogP contribution in [0.5, 0.6) is 0 Å². The molecule has 0 aromatic heterocycles. The molecule has 3 aromatic carbocycles. The minimum Gasteiger partial charge on any atom is -0.143 e. The molecular formula is C20H18S. The van der Waals surface area contributed by atoms with E-state index in [2.05, 4.69) is 98.4 Å². The highest BCUT2D eigenvalue weighted by atomic mass is 32.1. The molecule has 0 aliphatic heterocycles. The maximum atomic E-state index is 4.59. The molecule has 0 aliphatic rings. The zero-order chi connectivity index (χ0) is 14.7. The minimum atomic E-state index is 0.249. The van der Waals surface area contributed by atoms with Crippen LogP contribution in [0.15, 0.2) is 83.8 Å². The van der Waals surface area contributed by atoms with Gasteiger partial charge in [0.1, 0.15) is 0 Å². The third-order valence-corrected chi connectivity index (χ3v) is 4.31. The third kappa shape index (κ3) is 3.03. The van der Waals surface area contributed by atoms with Gasteiger partial charge in [0.25, 0.3) is 0 Å². The molecule has 0 saturated carbocycles. The molecule has 0 N–H and O–H groups in total. The lowest BCUT2D eigenvalue weighted by Crippen LogP contribution is -2.03. The van der Waals surface area contributed by atoms with Crippen molar-refractivity contribution in [3.05, 3.63) is 101 Å². The average Bonchev–Trinajstić information content (AvgIpc) is 2.53. The lowest BCUT2D eigenvalue weighted by molar-refractivity contribution is 0.967. The van der Waals surface area contributed by atoms with Gasteiger partial charge in [0.2, 0.25) is 0 Å². The quantitative estimate of drug-likeness (QED) is 0.480. The molecule has 104 valence electrons. The second-order valence-corrected chi connectivity index (χ2v) is 5.78. The highest BCUT2D eigenvalue weighted by Crippen LogP contribution is 2.33. The van der Waals surface area contributed by atoms with E-state index in [1.165, 1.54) is 22.3 Å². The van der Waals surface area contributed by atoms with Gasteiger partial charge in [-0.25, -0.2) is 0 Å². The molecule has 0 spiro atoms. The fourth-order valence-electron chi connectivity index (χ4n) is 2.67. The van der Waals surface area contributed by atoms with E-state index < -0.39 is 0 Å². The van der Waals surface area contributed by atoms with Crippen LogP contribution in [0.3, 0.4) is 0 Å². The van der Waals surface area contributed by atoms with Gasteiger partial charge in [-0.05, 0) is 35.2 Å². The highest BCUT2D eigenvalue weighted by Gasteiger charge is 2.16. The number of rotatable bonds is 3. The van der Waals surface area contributed by atoms with E-state index in [9.17, 15) is 0 Å². The van der Waals surface area contributed by atoms with Crippen molar-refractivity contribution in [1.29, 1.82) is 0 Å². The lowest BCUT2D eigenvalue weighted by atomic mass is 9.85. The summed E-state index contributed by atoms with van der Waals surface area (Å²) in [5, 5.41) is 0. The fraction of sp³-hybridized carbons (Fsp3) is 0.100. The molecule has 0 amide bonds. The van der Waals surface area contributed by atoms with Gasteiger partial charge in [-0.15, -0.1) is 12.6 Å². The van der Waals surface area contributed by atoms with Gasteiger partial charge in [0, 0.05) is 10.8 Å². The van der Waals surface area contributed by atoms with E-state index in [-0.39, 0.29) is 5.92 Å². The van der Waals surface area contributed by atoms with Crippen LogP contribution in [-0.4, -0.2) is 0 Å². The van der Waals surface area contributed by atoms with E-state index in [0.29, 0.717) is 0 Å². The Balaban J connectivity index is 2.14. The molecule has 0 saturated heterocycles. The first-order valence-electron chi connectivity index (χ1n) is 7.15. The van der Waals surface area contributed by atoms with Gasteiger partial charge in [0.05, 0.1) is 0 Å². The van der Waals surface area contributed by atoms with E-state index in [1.54, 1.807) is 0 Å². The van der Waals surface area contributed by atoms with Gasteiger partial charge in [-0.2, -0.15) is 0 Å². The zero-order valence-corrected chi connectivity index (χ0v) is 12.9. The standard InChI is InChI=1S/C20H18S/c1-15-12-13-18(14-19(15)21)20(16-8-4-2-5-9-16)17-10-6-3-7-11-17/h2-14,20-21H,1H3. The predicted octanol–water partition coefficient (Wildman–Crippen LogP) is 5.46. The summed E-state index contributed by atoms with van der Waals surface area (Å²) in [6.07, 6.45) is 0. The Bertz CT molecular complexity index is 678. The van der Waals surface area contributed by atoms with E-state index in [0.717, 1.165) is 4.90 Å². The molecule has 0 bridgehead atoms. The summed E-state index contributed by atoms with van der Waals surface area (Å²) in [4.78, 5) is 1.05. The van der Waals surface area contributed by atoms with Gasteiger partial charge < -0.3 is 0 Å². The van der Waals surface area contributed by atoms with Crippen molar-refractivity contribution in [2.45, 2.75) is 17.7 Å². The van der Waals surface area contributed by atoms with Crippen molar-refractivity contribution in [2.75, 3.05) is 0 Å². The van der Waals surface area contributed by atoms with Crippen molar-refractivity contribution >= 4 is 12.6 Å². The maximum Gasteiger partial charge on any atom is 0.0340 e. The summed E-state index contributed by atoms with van der Waals surface area (Å²) in [7, 11) is 0. The van der Waals surface area contributed by atoms with Crippen LogP contribution in [-0.2, 0) is 0 Å².